The van der Waals surface area contributed by atoms with Crippen LogP contribution in [0.5, 0.6) is 11.8 Å². The van der Waals surface area contributed by atoms with Crippen molar-refractivity contribution < 1.29 is 14.3 Å². The second-order valence-electron chi connectivity index (χ2n) is 7.11. The van der Waals surface area contributed by atoms with Gasteiger partial charge in [-0.1, -0.05) is 12.8 Å². The first-order valence-electron chi connectivity index (χ1n) is 9.57. The highest BCUT2D eigenvalue weighted by Gasteiger charge is 2.37. The molecule has 0 unspecified atom stereocenters. The van der Waals surface area contributed by atoms with Gasteiger partial charge in [-0.15, -0.1) is 0 Å². The summed E-state index contributed by atoms with van der Waals surface area (Å²) in [7, 11) is 2.95. The Labute approximate surface area is 168 Å². The van der Waals surface area contributed by atoms with Crippen molar-refractivity contribution in [1.29, 1.82) is 0 Å². The second-order valence-corrected chi connectivity index (χ2v) is 7.11. The molecule has 4 rings (SSSR count). The molecule has 0 bridgehead atoms. The smallest absolute Gasteiger partial charge is 0.319 e. The third-order valence-corrected chi connectivity index (χ3v) is 5.47. The summed E-state index contributed by atoms with van der Waals surface area (Å²) in [5, 5.41) is 6.86. The summed E-state index contributed by atoms with van der Waals surface area (Å²) in [5.41, 5.74) is 1.04. The Hall–Kier alpha value is -3.36. The highest BCUT2D eigenvalue weighted by Crippen LogP contribution is 2.38. The Morgan fingerprint density at radius 2 is 1.86 bits per heavy atom. The predicted octanol–water partition coefficient (Wildman–Crippen LogP) is 2.93. The fourth-order valence-electron chi connectivity index (χ4n) is 4.06. The highest BCUT2D eigenvalue weighted by atomic mass is 16.5. The first-order valence-corrected chi connectivity index (χ1v) is 9.57. The Kier molecular flexibility index (Phi) is 5.20. The van der Waals surface area contributed by atoms with E-state index in [4.69, 9.17) is 9.47 Å². The largest absolute Gasteiger partial charge is 0.479 e. The number of aromatic nitrogens is 4. The average molecular weight is 396 g/mol. The molecule has 9 nitrogen and oxygen atoms in total. The van der Waals surface area contributed by atoms with Gasteiger partial charge in [0.1, 0.15) is 12.0 Å². The lowest BCUT2D eigenvalue weighted by Gasteiger charge is -2.32. The molecule has 3 heterocycles. The Bertz CT molecular complexity index is 990. The molecule has 0 aromatic carbocycles. The van der Waals surface area contributed by atoms with Crippen molar-refractivity contribution in [1.82, 2.24) is 24.8 Å². The summed E-state index contributed by atoms with van der Waals surface area (Å²) in [6.07, 6.45) is 9.38. The number of fused-ring (bicyclic) bond motifs is 1. The molecule has 1 saturated carbocycles. The molecule has 1 aliphatic carbocycles. The van der Waals surface area contributed by atoms with Crippen molar-refractivity contribution in [2.24, 2.45) is 0 Å². The lowest BCUT2D eigenvalue weighted by atomic mass is 9.97. The summed E-state index contributed by atoms with van der Waals surface area (Å²) in [5.74, 6) is 0.478. The third-order valence-electron chi connectivity index (χ3n) is 5.47. The number of anilines is 1. The summed E-state index contributed by atoms with van der Waals surface area (Å²) < 4.78 is 12.6. The van der Waals surface area contributed by atoms with Crippen LogP contribution in [0.2, 0.25) is 0 Å². The number of methoxy groups -OCH3 is 2. The summed E-state index contributed by atoms with van der Waals surface area (Å²) >= 11 is 0. The molecule has 1 aliphatic rings. The van der Waals surface area contributed by atoms with E-state index in [-0.39, 0.29) is 23.3 Å². The van der Waals surface area contributed by atoms with E-state index in [0.29, 0.717) is 12.2 Å². The van der Waals surface area contributed by atoms with Gasteiger partial charge in [0.15, 0.2) is 5.69 Å². The Morgan fingerprint density at radius 1 is 1.14 bits per heavy atom. The standard InChI is InChI=1S/C20H24N6O3/c1-28-17-15(18(29-2)24-13-23-17)25-19(27)22-12-20(8-3-4-9-20)26-11-7-14-6-5-10-21-16(14)26/h5-7,10-11,13H,3-4,8-9,12H2,1-2H3,(H2,22,25,27). The van der Waals surface area contributed by atoms with E-state index in [1.165, 1.54) is 20.5 Å². The van der Waals surface area contributed by atoms with Gasteiger partial charge in [-0.3, -0.25) is 5.32 Å². The molecule has 1 fully saturated rings. The van der Waals surface area contributed by atoms with E-state index in [9.17, 15) is 4.79 Å². The molecule has 29 heavy (non-hydrogen) atoms. The molecule has 0 saturated heterocycles. The van der Waals surface area contributed by atoms with Crippen LogP contribution in [0.1, 0.15) is 25.7 Å². The van der Waals surface area contributed by atoms with E-state index in [2.05, 4.69) is 48.5 Å². The lowest BCUT2D eigenvalue weighted by molar-refractivity contribution is 0.238. The van der Waals surface area contributed by atoms with Gasteiger partial charge < -0.3 is 19.4 Å². The average Bonchev–Trinajstić information content (AvgIpc) is 3.40. The first-order chi connectivity index (χ1) is 14.2. The van der Waals surface area contributed by atoms with Crippen molar-refractivity contribution in [3.8, 4) is 11.8 Å². The number of nitrogens with zero attached hydrogens (tertiary/aromatic N) is 4. The quantitative estimate of drug-likeness (QED) is 0.664. The normalized spacial score (nSPS) is 15.2. The van der Waals surface area contributed by atoms with Crippen LogP contribution in [-0.2, 0) is 5.54 Å². The van der Waals surface area contributed by atoms with Crippen LogP contribution < -0.4 is 20.1 Å². The van der Waals surface area contributed by atoms with Crippen LogP contribution >= 0.6 is 0 Å². The van der Waals surface area contributed by atoms with E-state index in [1.807, 2.05) is 6.07 Å². The number of hydrogen-bond acceptors (Lipinski definition) is 6. The van der Waals surface area contributed by atoms with Gasteiger partial charge >= 0.3 is 6.03 Å². The molecule has 0 spiro atoms. The fraction of sp³-hybridized carbons (Fsp3) is 0.400. The maximum absolute atomic E-state index is 12.7. The predicted molar refractivity (Wildman–Crippen MR) is 108 cm³/mol. The number of urea groups is 1. The molecular formula is C20H24N6O3. The molecule has 3 aromatic rings. The van der Waals surface area contributed by atoms with Gasteiger partial charge in [-0.25, -0.2) is 9.78 Å². The second kappa shape index (κ2) is 7.94. The zero-order chi connectivity index (χ0) is 20.3. The number of carbonyl (C=O) groups excluding carboxylic acids is 1. The van der Waals surface area contributed by atoms with E-state index < -0.39 is 0 Å². The number of pyridine rings is 1. The molecular weight excluding hydrogens is 372 g/mol. The zero-order valence-corrected chi connectivity index (χ0v) is 16.5. The lowest BCUT2D eigenvalue weighted by Crippen LogP contribution is -2.44. The fourth-order valence-corrected chi connectivity index (χ4v) is 4.06. The molecule has 152 valence electrons. The topological polar surface area (TPSA) is 103 Å². The maximum Gasteiger partial charge on any atom is 0.319 e. The highest BCUT2D eigenvalue weighted by molar-refractivity contribution is 5.92. The van der Waals surface area contributed by atoms with E-state index in [0.717, 1.165) is 36.7 Å². The molecule has 2 amide bonds. The van der Waals surface area contributed by atoms with Gasteiger partial charge in [0, 0.05) is 24.3 Å². The minimum absolute atomic E-state index is 0.200. The van der Waals surface area contributed by atoms with E-state index >= 15 is 0 Å². The maximum atomic E-state index is 12.7. The van der Waals surface area contributed by atoms with Crippen LogP contribution in [0, 0.1) is 0 Å². The van der Waals surface area contributed by atoms with Crippen LogP contribution in [0.25, 0.3) is 11.0 Å². The van der Waals surface area contributed by atoms with E-state index in [1.54, 1.807) is 6.20 Å². The van der Waals surface area contributed by atoms with Crippen LogP contribution in [0.4, 0.5) is 10.5 Å². The van der Waals surface area contributed by atoms with Crippen LogP contribution in [0.3, 0.4) is 0 Å². The van der Waals surface area contributed by atoms with Crippen LogP contribution in [-0.4, -0.2) is 46.3 Å². The summed E-state index contributed by atoms with van der Waals surface area (Å²) in [6.45, 7) is 0.484. The molecule has 0 atom stereocenters. The molecule has 3 aromatic heterocycles. The third kappa shape index (κ3) is 3.55. The number of rotatable bonds is 6. The van der Waals surface area contributed by atoms with Crippen molar-refractivity contribution in [3.05, 3.63) is 36.9 Å². The van der Waals surface area contributed by atoms with Gasteiger partial charge in [-0.2, -0.15) is 9.97 Å². The van der Waals surface area contributed by atoms with Crippen molar-refractivity contribution in [2.75, 3.05) is 26.1 Å². The first kappa shape index (κ1) is 19.0. The number of ether oxygens (including phenoxy) is 2. The summed E-state index contributed by atoms with van der Waals surface area (Å²) in [6, 6.07) is 5.68. The number of amides is 2. The molecule has 9 heteroatoms. The summed E-state index contributed by atoms with van der Waals surface area (Å²) in [4.78, 5) is 25.3. The Morgan fingerprint density at radius 3 is 2.55 bits per heavy atom. The van der Waals surface area contributed by atoms with Gasteiger partial charge in [-0.05, 0) is 31.0 Å². The minimum atomic E-state index is -0.368. The van der Waals surface area contributed by atoms with Gasteiger partial charge in [0.25, 0.3) is 0 Å². The monoisotopic (exact) mass is 396 g/mol. The van der Waals surface area contributed by atoms with Crippen LogP contribution in [0.15, 0.2) is 36.9 Å². The number of carbonyl (C=O) groups is 1. The van der Waals surface area contributed by atoms with Gasteiger partial charge in [0.2, 0.25) is 11.8 Å². The minimum Gasteiger partial charge on any atom is -0.479 e. The number of hydrogen-bond donors (Lipinski definition) is 2. The number of nitrogens with one attached hydrogen (secondary N) is 2. The van der Waals surface area contributed by atoms with Crippen molar-refractivity contribution in [2.45, 2.75) is 31.2 Å². The zero-order valence-electron chi connectivity index (χ0n) is 16.5. The van der Waals surface area contributed by atoms with Crippen molar-refractivity contribution in [3.63, 3.8) is 0 Å². The molecule has 0 radical (unpaired) electrons. The van der Waals surface area contributed by atoms with Gasteiger partial charge in [0.05, 0.1) is 19.8 Å². The SMILES string of the molecule is COc1ncnc(OC)c1NC(=O)NCC1(n2ccc3cccnc32)CCCC1. The molecule has 0 aliphatic heterocycles. The molecule has 2 N–H and O–H groups in total. The van der Waals surface area contributed by atoms with Crippen molar-refractivity contribution >= 4 is 22.8 Å². The Balaban J connectivity index is 1.53.